The van der Waals surface area contributed by atoms with E-state index in [1.54, 1.807) is 42.7 Å². The number of methoxy groups -OCH3 is 1. The number of thiophene rings is 1. The fourth-order valence-corrected chi connectivity index (χ4v) is 6.04. The summed E-state index contributed by atoms with van der Waals surface area (Å²) in [5.41, 5.74) is 2.93. The highest BCUT2D eigenvalue weighted by atomic mass is 32.2. The molecule has 8 heteroatoms. The summed E-state index contributed by atoms with van der Waals surface area (Å²) in [6.07, 6.45) is 4.68. The monoisotopic (exact) mass is 424 g/mol. The number of Topliss-reactive ketones (excluding diaryl/α,β-unsaturated/α-hetero) is 1. The number of ether oxygens (including phenoxy) is 1. The Morgan fingerprint density at radius 1 is 1.21 bits per heavy atom. The number of carbonyl (C=O) groups excluding carboxylic acids is 1. The van der Waals surface area contributed by atoms with Gasteiger partial charge in [-0.15, -0.1) is 21.5 Å². The molecule has 0 unspecified atom stereocenters. The minimum atomic E-state index is 0.0500. The van der Waals surface area contributed by atoms with Crippen LogP contribution < -0.4 is 4.74 Å². The summed E-state index contributed by atoms with van der Waals surface area (Å²) in [6, 6.07) is 7.18. The summed E-state index contributed by atoms with van der Waals surface area (Å²) >= 11 is 3.20. The number of fused-ring (bicyclic) bond motifs is 5. The van der Waals surface area contributed by atoms with Crippen LogP contribution in [-0.4, -0.2) is 38.2 Å². The van der Waals surface area contributed by atoms with Crippen molar-refractivity contribution in [3.05, 3.63) is 46.1 Å². The van der Waals surface area contributed by atoms with Crippen LogP contribution in [0, 0.1) is 6.92 Å². The maximum atomic E-state index is 12.6. The van der Waals surface area contributed by atoms with Crippen LogP contribution in [0.3, 0.4) is 0 Å². The molecule has 148 valence electrons. The highest BCUT2D eigenvalue weighted by Crippen LogP contribution is 2.38. The second-order valence-electron chi connectivity index (χ2n) is 7.13. The molecule has 1 aromatic carbocycles. The molecule has 0 saturated carbocycles. The van der Waals surface area contributed by atoms with Crippen molar-refractivity contribution in [3.8, 4) is 5.75 Å². The van der Waals surface area contributed by atoms with Crippen LogP contribution in [0.2, 0.25) is 0 Å². The Morgan fingerprint density at radius 2 is 2.00 bits per heavy atom. The molecule has 0 N–H and O–H groups in total. The van der Waals surface area contributed by atoms with Gasteiger partial charge in [-0.05, 0) is 62.4 Å². The fourth-order valence-electron chi connectivity index (χ4n) is 3.87. The Bertz CT molecular complexity index is 1230. The minimum absolute atomic E-state index is 0.0500. The van der Waals surface area contributed by atoms with E-state index >= 15 is 0 Å². The Hall–Kier alpha value is -2.45. The summed E-state index contributed by atoms with van der Waals surface area (Å²) in [4.78, 5) is 19.9. The number of benzene rings is 1. The lowest BCUT2D eigenvalue weighted by molar-refractivity contribution is 0.102. The van der Waals surface area contributed by atoms with Gasteiger partial charge in [0.15, 0.2) is 16.6 Å². The zero-order valence-electron chi connectivity index (χ0n) is 16.3. The van der Waals surface area contributed by atoms with Crippen LogP contribution in [0.5, 0.6) is 5.75 Å². The van der Waals surface area contributed by atoms with Gasteiger partial charge in [0.2, 0.25) is 0 Å². The first-order valence-corrected chi connectivity index (χ1v) is 11.4. The smallest absolute Gasteiger partial charge is 0.197 e. The van der Waals surface area contributed by atoms with E-state index in [9.17, 15) is 4.79 Å². The average Bonchev–Trinajstić information content (AvgIpc) is 3.33. The van der Waals surface area contributed by atoms with E-state index in [1.807, 2.05) is 11.3 Å². The van der Waals surface area contributed by atoms with Crippen molar-refractivity contribution in [1.29, 1.82) is 0 Å². The molecule has 0 aliphatic heterocycles. The van der Waals surface area contributed by atoms with Gasteiger partial charge in [0.25, 0.3) is 0 Å². The quantitative estimate of drug-likeness (QED) is 0.347. The van der Waals surface area contributed by atoms with Crippen LogP contribution in [0.15, 0.2) is 29.4 Å². The highest BCUT2D eigenvalue weighted by molar-refractivity contribution is 7.99. The molecule has 5 rings (SSSR count). The lowest BCUT2D eigenvalue weighted by atomic mass is 9.97. The Balaban J connectivity index is 1.47. The van der Waals surface area contributed by atoms with Crippen molar-refractivity contribution >= 4 is 44.7 Å². The van der Waals surface area contributed by atoms with Gasteiger partial charge in [-0.1, -0.05) is 11.8 Å². The molecule has 0 saturated heterocycles. The second-order valence-corrected chi connectivity index (χ2v) is 9.16. The van der Waals surface area contributed by atoms with E-state index < -0.39 is 0 Å². The van der Waals surface area contributed by atoms with Crippen molar-refractivity contribution in [2.75, 3.05) is 12.9 Å². The predicted octanol–water partition coefficient (Wildman–Crippen LogP) is 4.51. The van der Waals surface area contributed by atoms with Crippen molar-refractivity contribution < 1.29 is 9.53 Å². The molecule has 1 aliphatic rings. The number of aryl methyl sites for hydroxylation is 3. The molecule has 0 spiro atoms. The lowest BCUT2D eigenvalue weighted by Gasteiger charge is -2.10. The molecule has 6 nitrogen and oxygen atoms in total. The van der Waals surface area contributed by atoms with Crippen molar-refractivity contribution in [3.63, 3.8) is 0 Å². The SMILES string of the molecule is COc1ccc(C(=O)CSc2nnc3c4c5c(sc4nc(C)n23)CCCC5)cc1. The molecule has 4 aromatic rings. The van der Waals surface area contributed by atoms with Gasteiger partial charge in [0, 0.05) is 10.4 Å². The van der Waals surface area contributed by atoms with Crippen molar-refractivity contribution in [2.45, 2.75) is 37.8 Å². The summed E-state index contributed by atoms with van der Waals surface area (Å²) in [7, 11) is 1.61. The number of thioether (sulfide) groups is 1. The van der Waals surface area contributed by atoms with Gasteiger partial charge < -0.3 is 4.74 Å². The van der Waals surface area contributed by atoms with E-state index in [-0.39, 0.29) is 5.78 Å². The molecule has 0 radical (unpaired) electrons. The first-order chi connectivity index (χ1) is 14.2. The van der Waals surface area contributed by atoms with Gasteiger partial charge in [-0.3, -0.25) is 9.20 Å². The molecule has 29 heavy (non-hydrogen) atoms. The van der Waals surface area contributed by atoms with E-state index in [1.165, 1.54) is 35.0 Å². The second kappa shape index (κ2) is 7.42. The third-order valence-corrected chi connectivity index (χ3v) is 7.46. The third-order valence-electron chi connectivity index (χ3n) is 5.34. The summed E-state index contributed by atoms with van der Waals surface area (Å²) in [5.74, 6) is 1.94. The highest BCUT2D eigenvalue weighted by Gasteiger charge is 2.22. The van der Waals surface area contributed by atoms with E-state index in [4.69, 9.17) is 9.72 Å². The van der Waals surface area contributed by atoms with E-state index in [2.05, 4.69) is 10.2 Å². The van der Waals surface area contributed by atoms with E-state index in [0.29, 0.717) is 16.5 Å². The van der Waals surface area contributed by atoms with Crippen LogP contribution in [0.1, 0.15) is 39.5 Å². The molecule has 0 atom stereocenters. The van der Waals surface area contributed by atoms with Crippen molar-refractivity contribution in [2.24, 2.45) is 0 Å². The number of rotatable bonds is 5. The molecule has 0 bridgehead atoms. The molecule has 0 fully saturated rings. The van der Waals surface area contributed by atoms with Crippen LogP contribution >= 0.6 is 23.1 Å². The largest absolute Gasteiger partial charge is 0.497 e. The molecule has 0 amide bonds. The molecule has 3 heterocycles. The van der Waals surface area contributed by atoms with Gasteiger partial charge in [-0.25, -0.2) is 4.98 Å². The number of aromatic nitrogens is 4. The first kappa shape index (κ1) is 18.6. The topological polar surface area (TPSA) is 69.4 Å². The number of nitrogens with zero attached hydrogens (tertiary/aromatic N) is 4. The van der Waals surface area contributed by atoms with Gasteiger partial charge in [0.05, 0.1) is 18.2 Å². The third kappa shape index (κ3) is 3.20. The maximum absolute atomic E-state index is 12.6. The van der Waals surface area contributed by atoms with Gasteiger partial charge >= 0.3 is 0 Å². The molecule has 3 aromatic heterocycles. The fraction of sp³-hybridized carbons (Fsp3) is 0.333. The lowest BCUT2D eigenvalue weighted by Crippen LogP contribution is -2.04. The Kier molecular flexibility index (Phi) is 4.75. The maximum Gasteiger partial charge on any atom is 0.197 e. The minimum Gasteiger partial charge on any atom is -0.497 e. The summed E-state index contributed by atoms with van der Waals surface area (Å²) < 4.78 is 7.15. The Labute approximate surface area is 176 Å². The van der Waals surface area contributed by atoms with Crippen LogP contribution in [0.4, 0.5) is 0 Å². The summed E-state index contributed by atoms with van der Waals surface area (Å²) in [5, 5.41) is 10.8. The predicted molar refractivity (Wildman–Crippen MR) is 116 cm³/mol. The van der Waals surface area contributed by atoms with Gasteiger partial charge in [0.1, 0.15) is 16.4 Å². The van der Waals surface area contributed by atoms with Gasteiger partial charge in [-0.2, -0.15) is 0 Å². The zero-order chi connectivity index (χ0) is 20.0. The normalized spacial score (nSPS) is 13.7. The number of hydrogen-bond acceptors (Lipinski definition) is 7. The standard InChI is InChI=1S/C21H20N4O2S2/c1-12-22-20-18(15-5-3-4-6-17(15)29-20)19-23-24-21(25(12)19)28-11-16(26)13-7-9-14(27-2)10-8-13/h7-10H,3-6,11H2,1-2H3. The summed E-state index contributed by atoms with van der Waals surface area (Å²) in [6.45, 7) is 1.98. The van der Waals surface area contributed by atoms with Crippen molar-refractivity contribution in [1.82, 2.24) is 19.6 Å². The zero-order valence-corrected chi connectivity index (χ0v) is 17.9. The molecule has 1 aliphatic carbocycles. The van der Waals surface area contributed by atoms with E-state index in [0.717, 1.165) is 40.3 Å². The number of carbonyl (C=O) groups is 1. The van der Waals surface area contributed by atoms with Crippen LogP contribution in [0.25, 0.3) is 15.9 Å². The molecular formula is C21H20N4O2S2. The Morgan fingerprint density at radius 3 is 2.79 bits per heavy atom. The van der Waals surface area contributed by atoms with Crippen LogP contribution in [-0.2, 0) is 12.8 Å². The molecular weight excluding hydrogens is 404 g/mol. The first-order valence-electron chi connectivity index (χ1n) is 9.61. The number of hydrogen-bond donors (Lipinski definition) is 0. The average molecular weight is 425 g/mol. The number of ketones is 1.